The van der Waals surface area contributed by atoms with E-state index in [9.17, 15) is 4.79 Å². The Morgan fingerprint density at radius 2 is 1.89 bits per heavy atom. The van der Waals surface area contributed by atoms with Crippen LogP contribution in [0.1, 0.15) is 32.4 Å². The summed E-state index contributed by atoms with van der Waals surface area (Å²) >= 11 is 0. The van der Waals surface area contributed by atoms with Crippen molar-refractivity contribution in [2.24, 2.45) is 0 Å². The quantitative estimate of drug-likeness (QED) is 0.863. The Kier molecular flexibility index (Phi) is 5.16. The third-order valence-corrected chi connectivity index (χ3v) is 2.30. The predicted molar refractivity (Wildman–Crippen MR) is 72.5 cm³/mol. The molecule has 0 heterocycles. The molecule has 0 aliphatic carbocycles. The fourth-order valence-electron chi connectivity index (χ4n) is 1.59. The molecule has 1 amide bonds. The molecule has 0 saturated heterocycles. The largest absolute Gasteiger partial charge is 0.444 e. The highest BCUT2D eigenvalue weighted by Crippen LogP contribution is 2.13. The van der Waals surface area contributed by atoms with Gasteiger partial charge in [-0.15, -0.1) is 0 Å². The summed E-state index contributed by atoms with van der Waals surface area (Å²) in [7, 11) is 1.85. The smallest absolute Gasteiger partial charge is 0.408 e. The van der Waals surface area contributed by atoms with Gasteiger partial charge in [0.2, 0.25) is 0 Å². The van der Waals surface area contributed by atoms with Crippen LogP contribution < -0.4 is 10.6 Å². The average molecular weight is 250 g/mol. The maximum atomic E-state index is 11.8. The van der Waals surface area contributed by atoms with Crippen molar-refractivity contribution in [3.05, 3.63) is 35.9 Å². The van der Waals surface area contributed by atoms with E-state index in [0.29, 0.717) is 6.54 Å². The normalized spacial score (nSPS) is 12.9. The van der Waals surface area contributed by atoms with E-state index in [2.05, 4.69) is 10.6 Å². The third-order valence-electron chi connectivity index (χ3n) is 2.30. The first-order valence-corrected chi connectivity index (χ1v) is 6.11. The standard InChI is InChI=1S/C14H22N2O2/c1-14(2,3)18-13(17)16-12(10-15-4)11-8-6-5-7-9-11/h5-9,12,15H,10H2,1-4H3,(H,16,17)/t12-/m0/s1. The third kappa shape index (κ3) is 5.19. The van der Waals surface area contributed by atoms with Crippen LogP contribution in [0, 0.1) is 0 Å². The van der Waals surface area contributed by atoms with E-state index < -0.39 is 11.7 Å². The van der Waals surface area contributed by atoms with Gasteiger partial charge < -0.3 is 15.4 Å². The summed E-state index contributed by atoms with van der Waals surface area (Å²) in [4.78, 5) is 11.8. The van der Waals surface area contributed by atoms with Gasteiger partial charge in [-0.3, -0.25) is 0 Å². The van der Waals surface area contributed by atoms with Crippen LogP contribution in [0.4, 0.5) is 4.79 Å². The molecule has 1 rings (SSSR count). The van der Waals surface area contributed by atoms with Crippen LogP contribution in [0.5, 0.6) is 0 Å². The zero-order valence-electron chi connectivity index (χ0n) is 11.5. The lowest BCUT2D eigenvalue weighted by atomic mass is 10.1. The zero-order chi connectivity index (χ0) is 13.6. The van der Waals surface area contributed by atoms with Crippen molar-refractivity contribution in [3.8, 4) is 0 Å². The minimum atomic E-state index is -0.481. The Morgan fingerprint density at radius 3 is 2.39 bits per heavy atom. The SMILES string of the molecule is CNC[C@H](NC(=O)OC(C)(C)C)c1ccccc1. The average Bonchev–Trinajstić information content (AvgIpc) is 2.27. The fourth-order valence-corrected chi connectivity index (χ4v) is 1.59. The second kappa shape index (κ2) is 6.40. The molecule has 4 heteroatoms. The molecule has 1 atom stereocenters. The second-order valence-electron chi connectivity index (χ2n) is 5.17. The highest BCUT2D eigenvalue weighted by Gasteiger charge is 2.19. The fraction of sp³-hybridized carbons (Fsp3) is 0.500. The van der Waals surface area contributed by atoms with Crippen LogP contribution in [0.3, 0.4) is 0 Å². The molecule has 2 N–H and O–H groups in total. The molecule has 0 bridgehead atoms. The molecule has 0 aromatic heterocycles. The lowest BCUT2D eigenvalue weighted by molar-refractivity contribution is 0.0503. The maximum Gasteiger partial charge on any atom is 0.408 e. The summed E-state index contributed by atoms with van der Waals surface area (Å²) in [6, 6.07) is 9.74. The lowest BCUT2D eigenvalue weighted by Gasteiger charge is -2.23. The van der Waals surface area contributed by atoms with E-state index in [1.54, 1.807) is 0 Å². The van der Waals surface area contributed by atoms with Crippen LogP contribution in [-0.4, -0.2) is 25.3 Å². The molecular weight excluding hydrogens is 228 g/mol. The first-order valence-electron chi connectivity index (χ1n) is 6.11. The Bertz CT molecular complexity index is 371. The molecule has 4 nitrogen and oxygen atoms in total. The van der Waals surface area contributed by atoms with Gasteiger partial charge in [0, 0.05) is 6.54 Å². The molecule has 0 radical (unpaired) electrons. The Morgan fingerprint density at radius 1 is 1.28 bits per heavy atom. The van der Waals surface area contributed by atoms with Gasteiger partial charge in [-0.25, -0.2) is 4.79 Å². The monoisotopic (exact) mass is 250 g/mol. The summed E-state index contributed by atoms with van der Waals surface area (Å²) in [6.07, 6.45) is -0.397. The van der Waals surface area contributed by atoms with Crippen LogP contribution in [0.25, 0.3) is 0 Å². The molecule has 18 heavy (non-hydrogen) atoms. The summed E-state index contributed by atoms with van der Waals surface area (Å²) in [5, 5.41) is 5.93. The molecule has 0 spiro atoms. The number of alkyl carbamates (subject to hydrolysis) is 1. The number of ether oxygens (including phenoxy) is 1. The molecule has 0 fully saturated rings. The number of carbonyl (C=O) groups is 1. The number of likely N-dealkylation sites (N-methyl/N-ethyl adjacent to an activating group) is 1. The van der Waals surface area contributed by atoms with Crippen molar-refractivity contribution in [2.75, 3.05) is 13.6 Å². The molecule has 0 aliphatic rings. The summed E-state index contributed by atoms with van der Waals surface area (Å²) < 4.78 is 5.26. The van der Waals surface area contributed by atoms with Gasteiger partial charge in [0.05, 0.1) is 6.04 Å². The number of benzene rings is 1. The van der Waals surface area contributed by atoms with E-state index in [4.69, 9.17) is 4.74 Å². The molecule has 1 aromatic rings. The van der Waals surface area contributed by atoms with Gasteiger partial charge in [0.1, 0.15) is 5.60 Å². The van der Waals surface area contributed by atoms with Crippen LogP contribution >= 0.6 is 0 Å². The topological polar surface area (TPSA) is 50.4 Å². The molecule has 0 saturated carbocycles. The van der Waals surface area contributed by atoms with Gasteiger partial charge in [-0.2, -0.15) is 0 Å². The van der Waals surface area contributed by atoms with E-state index in [0.717, 1.165) is 5.56 Å². The number of hydrogen-bond acceptors (Lipinski definition) is 3. The van der Waals surface area contributed by atoms with E-state index in [1.807, 2.05) is 58.2 Å². The van der Waals surface area contributed by atoms with Crippen molar-refractivity contribution in [2.45, 2.75) is 32.4 Å². The molecule has 100 valence electrons. The number of hydrogen-bond donors (Lipinski definition) is 2. The van der Waals surface area contributed by atoms with Gasteiger partial charge in [-0.05, 0) is 33.4 Å². The number of rotatable bonds is 4. The van der Waals surface area contributed by atoms with Gasteiger partial charge in [-0.1, -0.05) is 30.3 Å². The molecule has 0 aliphatic heterocycles. The maximum absolute atomic E-state index is 11.8. The molecule has 1 aromatic carbocycles. The highest BCUT2D eigenvalue weighted by atomic mass is 16.6. The molecular formula is C14H22N2O2. The van der Waals surface area contributed by atoms with Gasteiger partial charge in [0.25, 0.3) is 0 Å². The molecule has 0 unspecified atom stereocenters. The van der Waals surface area contributed by atoms with E-state index in [1.165, 1.54) is 0 Å². The summed E-state index contributed by atoms with van der Waals surface area (Å²) in [6.45, 7) is 6.20. The van der Waals surface area contributed by atoms with Crippen molar-refractivity contribution < 1.29 is 9.53 Å². The summed E-state index contributed by atoms with van der Waals surface area (Å²) in [5.74, 6) is 0. The Hall–Kier alpha value is -1.55. The first-order chi connectivity index (χ1) is 8.42. The highest BCUT2D eigenvalue weighted by molar-refractivity contribution is 5.68. The van der Waals surface area contributed by atoms with Crippen molar-refractivity contribution >= 4 is 6.09 Å². The lowest BCUT2D eigenvalue weighted by Crippen LogP contribution is -2.38. The zero-order valence-corrected chi connectivity index (χ0v) is 11.5. The number of amides is 1. The number of carbonyl (C=O) groups excluding carboxylic acids is 1. The Balaban J connectivity index is 2.67. The van der Waals surface area contributed by atoms with Crippen molar-refractivity contribution in [1.29, 1.82) is 0 Å². The van der Waals surface area contributed by atoms with Crippen molar-refractivity contribution in [1.82, 2.24) is 10.6 Å². The van der Waals surface area contributed by atoms with Crippen LogP contribution in [0.15, 0.2) is 30.3 Å². The minimum Gasteiger partial charge on any atom is -0.444 e. The Labute approximate surface area is 109 Å². The summed E-state index contributed by atoms with van der Waals surface area (Å²) in [5.41, 5.74) is 0.572. The van der Waals surface area contributed by atoms with Crippen LogP contribution in [-0.2, 0) is 4.74 Å². The van der Waals surface area contributed by atoms with E-state index in [-0.39, 0.29) is 6.04 Å². The number of nitrogens with one attached hydrogen (secondary N) is 2. The van der Waals surface area contributed by atoms with E-state index >= 15 is 0 Å². The van der Waals surface area contributed by atoms with Gasteiger partial charge in [0.15, 0.2) is 0 Å². The van der Waals surface area contributed by atoms with Crippen LogP contribution in [0.2, 0.25) is 0 Å². The minimum absolute atomic E-state index is 0.0916. The predicted octanol–water partition coefficient (Wildman–Crippen LogP) is 2.47. The van der Waals surface area contributed by atoms with Crippen molar-refractivity contribution in [3.63, 3.8) is 0 Å². The second-order valence-corrected chi connectivity index (χ2v) is 5.17. The van der Waals surface area contributed by atoms with Gasteiger partial charge >= 0.3 is 6.09 Å². The first kappa shape index (κ1) is 14.5.